The van der Waals surface area contributed by atoms with E-state index in [1.54, 1.807) is 0 Å². The van der Waals surface area contributed by atoms with Crippen molar-refractivity contribution in [2.24, 2.45) is 0 Å². The van der Waals surface area contributed by atoms with Crippen molar-refractivity contribution in [1.29, 1.82) is 0 Å². The summed E-state index contributed by atoms with van der Waals surface area (Å²) in [5.41, 5.74) is 7.45. The monoisotopic (exact) mass is 425 g/mol. The Morgan fingerprint density at radius 1 is 0.844 bits per heavy atom. The van der Waals surface area contributed by atoms with E-state index in [0.29, 0.717) is 6.54 Å². The van der Waals surface area contributed by atoms with Crippen LogP contribution in [-0.2, 0) is 0 Å². The summed E-state index contributed by atoms with van der Waals surface area (Å²) in [5.74, 6) is 6.74. The maximum absolute atomic E-state index is 10.9. The van der Waals surface area contributed by atoms with Crippen LogP contribution in [0.3, 0.4) is 0 Å². The summed E-state index contributed by atoms with van der Waals surface area (Å²) in [6.07, 6.45) is 8.48. The van der Waals surface area contributed by atoms with Crippen LogP contribution in [0.4, 0.5) is 11.4 Å². The largest absolute Gasteiger partial charge is 0.853 e. The van der Waals surface area contributed by atoms with Crippen molar-refractivity contribution in [2.75, 3.05) is 58.2 Å². The van der Waals surface area contributed by atoms with Gasteiger partial charge in [-0.2, -0.15) is 0 Å². The van der Waals surface area contributed by atoms with Gasteiger partial charge in [0, 0.05) is 62.4 Å². The number of likely N-dealkylation sites (N-methyl/N-ethyl adjacent to an activating group) is 1. The molecule has 0 fully saturated rings. The summed E-state index contributed by atoms with van der Waals surface area (Å²) in [4.78, 5) is 4.05. The molecule has 0 aliphatic heterocycles. The van der Waals surface area contributed by atoms with Gasteiger partial charge < -0.3 is 14.9 Å². The molecule has 1 aliphatic carbocycles. The number of benzene rings is 2. The van der Waals surface area contributed by atoms with E-state index >= 15 is 0 Å². The maximum atomic E-state index is 10.9. The van der Waals surface area contributed by atoms with Gasteiger partial charge in [0.2, 0.25) is 0 Å². The second-order valence-corrected chi connectivity index (χ2v) is 8.18. The van der Waals surface area contributed by atoms with Crippen LogP contribution in [0.1, 0.15) is 11.1 Å². The Hall–Kier alpha value is -3.55. The van der Waals surface area contributed by atoms with Crippen LogP contribution >= 0.6 is 0 Å². The van der Waals surface area contributed by atoms with Gasteiger partial charge in [0.1, 0.15) is 14.1 Å². The molecule has 1 aliphatic rings. The van der Waals surface area contributed by atoms with Crippen molar-refractivity contribution < 1.29 is 9.68 Å². The summed E-state index contributed by atoms with van der Waals surface area (Å²) < 4.78 is 2.09. The number of hydrogen-bond acceptors (Lipinski definition) is 3. The number of hydrogen-bond donors (Lipinski definition) is 0. The molecule has 4 heteroatoms. The lowest BCUT2D eigenvalue weighted by Crippen LogP contribution is -2.26. The van der Waals surface area contributed by atoms with Gasteiger partial charge in [-0.05, 0) is 59.7 Å². The van der Waals surface area contributed by atoms with Crippen molar-refractivity contribution in [3.8, 4) is 11.8 Å². The molecule has 0 atom stereocenters. The second-order valence-electron chi connectivity index (χ2n) is 8.18. The third-order valence-corrected chi connectivity index (χ3v) is 5.41. The first kappa shape index (κ1) is 23.1. The van der Waals surface area contributed by atoms with Crippen LogP contribution in [0, 0.1) is 11.8 Å². The Morgan fingerprint density at radius 3 is 1.97 bits per heavy atom. The number of anilines is 2. The van der Waals surface area contributed by atoms with E-state index in [2.05, 4.69) is 69.9 Å². The molecule has 0 bridgehead atoms. The Kier molecular flexibility index (Phi) is 7.70. The average Bonchev–Trinajstić information content (AvgIpc) is 2.80. The highest BCUT2D eigenvalue weighted by atomic mass is 16.3. The normalized spacial score (nSPS) is 12.3. The quantitative estimate of drug-likeness (QED) is 0.545. The first-order valence-electron chi connectivity index (χ1n) is 10.7. The minimum atomic E-state index is -0.115. The van der Waals surface area contributed by atoms with E-state index in [4.69, 9.17) is 0 Å². The van der Waals surface area contributed by atoms with E-state index in [1.807, 2.05) is 64.4 Å². The molecular formula is C28H31N3O. The van der Waals surface area contributed by atoms with Gasteiger partial charge in [0.15, 0.2) is 5.71 Å². The summed E-state index contributed by atoms with van der Waals surface area (Å²) in [5, 5.41) is 10.9. The molecule has 0 unspecified atom stereocenters. The highest BCUT2D eigenvalue weighted by Crippen LogP contribution is 2.24. The number of nitrogens with zero attached hydrogens (tertiary/aromatic N) is 3. The van der Waals surface area contributed by atoms with Gasteiger partial charge in [-0.25, -0.2) is 4.58 Å². The van der Waals surface area contributed by atoms with E-state index in [0.717, 1.165) is 39.4 Å². The first-order chi connectivity index (χ1) is 15.4. The first-order valence-corrected chi connectivity index (χ1v) is 10.7. The molecule has 0 spiro atoms. The summed E-state index contributed by atoms with van der Waals surface area (Å²) in [6.45, 7) is 0.379. The van der Waals surface area contributed by atoms with Crippen molar-refractivity contribution >= 4 is 22.7 Å². The SMILES string of the molecule is CN(C)c1ccc(C(C#Cc2ccc(N(C)CC[O-])cc2)=C2C=CC(=[N+](C)C)C=C2)cc1. The van der Waals surface area contributed by atoms with Crippen molar-refractivity contribution in [2.45, 2.75) is 0 Å². The molecule has 0 saturated heterocycles. The highest BCUT2D eigenvalue weighted by Gasteiger charge is 2.10. The third kappa shape index (κ3) is 5.78. The van der Waals surface area contributed by atoms with Crippen LogP contribution in [0.5, 0.6) is 0 Å². The Labute approximate surface area is 192 Å². The molecule has 32 heavy (non-hydrogen) atoms. The molecule has 0 amide bonds. The molecule has 0 heterocycles. The van der Waals surface area contributed by atoms with Crippen molar-refractivity contribution in [3.63, 3.8) is 0 Å². The fourth-order valence-corrected chi connectivity index (χ4v) is 3.36. The van der Waals surface area contributed by atoms with Gasteiger partial charge in [-0.1, -0.05) is 24.0 Å². The molecule has 0 saturated carbocycles. The van der Waals surface area contributed by atoms with E-state index in [-0.39, 0.29) is 6.61 Å². The molecule has 0 radical (unpaired) electrons. The number of allylic oxidation sites excluding steroid dienone is 6. The van der Waals surface area contributed by atoms with Crippen LogP contribution < -0.4 is 14.9 Å². The minimum Gasteiger partial charge on any atom is -0.853 e. The topological polar surface area (TPSA) is 32.5 Å². The van der Waals surface area contributed by atoms with Crippen LogP contribution in [0.25, 0.3) is 5.57 Å². The van der Waals surface area contributed by atoms with Crippen LogP contribution in [0.15, 0.2) is 78.4 Å². The second kappa shape index (κ2) is 10.7. The third-order valence-electron chi connectivity index (χ3n) is 5.41. The molecule has 0 aromatic heterocycles. The summed E-state index contributed by atoms with van der Waals surface area (Å²) in [7, 11) is 10.1. The predicted octanol–water partition coefficient (Wildman–Crippen LogP) is 3.19. The molecule has 2 aromatic rings. The standard InChI is InChI=1S/C28H31N3O/c1-29(2)25-15-9-23(10-16-25)28(24-11-17-26(18-12-24)30(3)4)19-8-22-6-13-27(14-7-22)31(5)20-21-32/h6-7,9-18H,20-21H2,1-5H3. The average molecular weight is 426 g/mol. The lowest BCUT2D eigenvalue weighted by atomic mass is 9.96. The Balaban J connectivity index is 1.98. The molecule has 0 N–H and O–H groups in total. The van der Waals surface area contributed by atoms with Gasteiger partial charge in [-0.3, -0.25) is 0 Å². The molecule has 164 valence electrons. The van der Waals surface area contributed by atoms with Crippen molar-refractivity contribution in [3.05, 3.63) is 89.5 Å². The van der Waals surface area contributed by atoms with E-state index in [1.165, 1.54) is 0 Å². The zero-order valence-corrected chi connectivity index (χ0v) is 19.6. The van der Waals surface area contributed by atoms with Gasteiger partial charge >= 0.3 is 0 Å². The Bertz CT molecular complexity index is 1100. The van der Waals surface area contributed by atoms with E-state index < -0.39 is 0 Å². The Morgan fingerprint density at radius 2 is 1.44 bits per heavy atom. The van der Waals surface area contributed by atoms with Gasteiger partial charge in [0.05, 0.1) is 0 Å². The lowest BCUT2D eigenvalue weighted by Gasteiger charge is -2.20. The molecule has 4 nitrogen and oxygen atoms in total. The smallest absolute Gasteiger partial charge is 0.199 e. The zero-order valence-electron chi connectivity index (χ0n) is 19.6. The minimum absolute atomic E-state index is 0.115. The molecule has 3 rings (SSSR count). The van der Waals surface area contributed by atoms with Gasteiger partial charge in [0.25, 0.3) is 0 Å². The number of rotatable bonds is 5. The van der Waals surface area contributed by atoms with Gasteiger partial charge in [-0.15, -0.1) is 6.61 Å². The maximum Gasteiger partial charge on any atom is 0.199 e. The van der Waals surface area contributed by atoms with E-state index in [9.17, 15) is 5.11 Å². The summed E-state index contributed by atoms with van der Waals surface area (Å²) >= 11 is 0. The summed E-state index contributed by atoms with van der Waals surface area (Å²) in [6, 6.07) is 16.5. The fourth-order valence-electron chi connectivity index (χ4n) is 3.36. The molecular weight excluding hydrogens is 394 g/mol. The lowest BCUT2D eigenvalue weighted by molar-refractivity contribution is -0.462. The predicted molar refractivity (Wildman–Crippen MR) is 135 cm³/mol. The van der Waals surface area contributed by atoms with Crippen LogP contribution in [-0.4, -0.2) is 58.7 Å². The fraction of sp³-hybridized carbons (Fsp3) is 0.250. The zero-order chi connectivity index (χ0) is 23.1. The molecule has 2 aromatic carbocycles. The van der Waals surface area contributed by atoms with Crippen molar-refractivity contribution in [1.82, 2.24) is 0 Å². The van der Waals surface area contributed by atoms with Crippen LogP contribution in [0.2, 0.25) is 0 Å². The highest BCUT2D eigenvalue weighted by molar-refractivity contribution is 6.04.